The maximum absolute atomic E-state index is 13.0. The van der Waals surface area contributed by atoms with Crippen LogP contribution in [0.25, 0.3) is 0 Å². The molecule has 0 spiro atoms. The summed E-state index contributed by atoms with van der Waals surface area (Å²) in [6, 6.07) is 18.6. The molecule has 0 unspecified atom stereocenters. The Morgan fingerprint density at radius 3 is 1.74 bits per heavy atom. The molecular weight excluding hydrogens is 607 g/mol. The first-order valence-corrected chi connectivity index (χ1v) is 13.5. The number of para-hydroxylation sites is 1. The Kier molecular flexibility index (Phi) is 8.82. The Bertz CT molecular complexity index is 1670. The van der Waals surface area contributed by atoms with Gasteiger partial charge < -0.3 is 0 Å². The molecule has 42 heavy (non-hydrogen) atoms. The first kappa shape index (κ1) is 29.2. The molecule has 5 rings (SSSR count). The van der Waals surface area contributed by atoms with Gasteiger partial charge in [-0.25, -0.2) is 5.26 Å². The van der Waals surface area contributed by atoms with Gasteiger partial charge in [-0.05, 0) is 62.4 Å². The lowest BCUT2D eigenvalue weighted by molar-refractivity contribution is -0.432. The highest BCUT2D eigenvalue weighted by molar-refractivity contribution is 7.94. The van der Waals surface area contributed by atoms with Crippen molar-refractivity contribution in [3.63, 3.8) is 0 Å². The number of nitrogens with zero attached hydrogens (tertiary/aromatic N) is 6. The average molecular weight is 627 g/mol. The van der Waals surface area contributed by atoms with Crippen molar-refractivity contribution in [1.29, 1.82) is 0 Å². The van der Waals surface area contributed by atoms with Crippen LogP contribution in [0.4, 0.5) is 22.7 Å². The number of hydrazone groups is 4. The largest absolute Gasteiger partial charge is 0.301 e. The lowest BCUT2D eigenvalue weighted by Gasteiger charge is -2.12. The Morgan fingerprint density at radius 1 is 0.786 bits per heavy atom. The van der Waals surface area contributed by atoms with Gasteiger partial charge in [0.2, 0.25) is 0 Å². The van der Waals surface area contributed by atoms with Crippen LogP contribution in [0.5, 0.6) is 0 Å². The number of carbonyl (C=O) groups excluding carboxylic acids is 2. The van der Waals surface area contributed by atoms with Gasteiger partial charge in [0, 0.05) is 4.90 Å². The summed E-state index contributed by atoms with van der Waals surface area (Å²) in [5.41, 5.74) is 8.32. The van der Waals surface area contributed by atoms with E-state index in [-0.39, 0.29) is 21.5 Å². The van der Waals surface area contributed by atoms with Crippen molar-refractivity contribution in [2.75, 3.05) is 20.9 Å². The molecule has 13 nitrogen and oxygen atoms in total. The molecule has 2 heterocycles. The highest BCUT2D eigenvalue weighted by Crippen LogP contribution is 2.33. The molecule has 0 atom stereocenters. The Hall–Kier alpha value is -4.31. The zero-order valence-corrected chi connectivity index (χ0v) is 24.1. The van der Waals surface area contributed by atoms with Crippen molar-refractivity contribution >= 4 is 92.7 Å². The van der Waals surface area contributed by atoms with Crippen LogP contribution in [-0.2, 0) is 19.0 Å². The van der Waals surface area contributed by atoms with Gasteiger partial charge >= 0.3 is 11.8 Å². The topological polar surface area (TPSA) is 153 Å². The zero-order chi connectivity index (χ0) is 29.8. The third-order valence-electron chi connectivity index (χ3n) is 5.85. The first-order chi connectivity index (χ1) is 20.3. The van der Waals surface area contributed by atoms with E-state index < -0.39 is 11.8 Å². The van der Waals surface area contributed by atoms with Gasteiger partial charge in [0.25, 0.3) is 0 Å². The van der Waals surface area contributed by atoms with Crippen molar-refractivity contribution in [1.82, 2.24) is 0 Å². The van der Waals surface area contributed by atoms with Crippen LogP contribution in [0.1, 0.15) is 13.8 Å². The molecule has 0 bridgehead atoms. The fraction of sp³-hybridized carbons (Fsp3) is 0.0769. The van der Waals surface area contributed by atoms with Crippen LogP contribution in [0.2, 0.25) is 10.0 Å². The van der Waals surface area contributed by atoms with E-state index in [1.165, 1.54) is 22.2 Å². The smallest absolute Gasteiger partial charge is 0.276 e. The fourth-order valence-electron chi connectivity index (χ4n) is 3.82. The third kappa shape index (κ3) is 6.13. The van der Waals surface area contributed by atoms with Crippen molar-refractivity contribution in [2.45, 2.75) is 18.7 Å². The van der Waals surface area contributed by atoms with Crippen LogP contribution < -0.4 is 20.9 Å². The minimum atomic E-state index is -0.463. The molecule has 16 heteroatoms. The number of amides is 2. The summed E-state index contributed by atoms with van der Waals surface area (Å²) in [7, 11) is 0. The number of anilines is 4. The predicted octanol–water partition coefficient (Wildman–Crippen LogP) is 5.80. The first-order valence-electron chi connectivity index (χ1n) is 12.0. The second kappa shape index (κ2) is 12.7. The van der Waals surface area contributed by atoms with E-state index in [9.17, 15) is 9.59 Å². The normalized spacial score (nSPS) is 16.9. The van der Waals surface area contributed by atoms with Crippen molar-refractivity contribution in [3.05, 3.63) is 76.8 Å². The number of rotatable bonds is 9. The van der Waals surface area contributed by atoms with Crippen molar-refractivity contribution in [2.24, 2.45) is 20.4 Å². The number of halogens is 2. The van der Waals surface area contributed by atoms with E-state index in [2.05, 4.69) is 40.6 Å². The molecule has 3 aromatic rings. The SMILES string of the molecule is CC1=NN(c2ccccc2)C(=O)/C1=N\Nc1cc(Cl)c(N/N=C2\C(=O)N(c3ccc(SOOO)cc3)N=C2C)cc1Cl. The predicted molar refractivity (Wildman–Crippen MR) is 163 cm³/mol. The number of nitrogens with one attached hydrogen (secondary N) is 2. The molecule has 2 amide bonds. The van der Waals surface area contributed by atoms with E-state index in [4.69, 9.17) is 28.5 Å². The quantitative estimate of drug-likeness (QED) is 0.153. The Morgan fingerprint density at radius 2 is 1.26 bits per heavy atom. The van der Waals surface area contributed by atoms with Crippen LogP contribution in [0.15, 0.2) is 92.0 Å². The standard InChI is InChI=1S/C26H20Cl2N8O5S/c1-14-23(25(37)35(33-14)16-6-4-3-5-7-16)31-29-21-12-20(28)22(13-19(21)27)30-32-24-15(2)34-36(26(24)38)17-8-10-18(11-9-17)42-41-40-39/h3-13,29-30,39H,1-2H3/b31-23-,32-24-. The molecule has 2 aliphatic rings. The maximum atomic E-state index is 13.0. The molecule has 2 aliphatic heterocycles. The number of hydrogen-bond acceptors (Lipinski definition) is 12. The minimum absolute atomic E-state index is 0.0729. The van der Waals surface area contributed by atoms with E-state index in [0.29, 0.717) is 39.1 Å². The van der Waals surface area contributed by atoms with Gasteiger partial charge in [-0.15, -0.1) is 4.33 Å². The van der Waals surface area contributed by atoms with E-state index in [1.807, 2.05) is 18.2 Å². The zero-order valence-electron chi connectivity index (χ0n) is 21.8. The lowest BCUT2D eigenvalue weighted by Crippen LogP contribution is -2.28. The van der Waals surface area contributed by atoms with E-state index >= 15 is 0 Å². The molecular formula is C26H20Cl2N8O5S. The Labute approximate surface area is 253 Å². The summed E-state index contributed by atoms with van der Waals surface area (Å²) in [6.07, 6.45) is 0. The summed E-state index contributed by atoms with van der Waals surface area (Å²) in [6.45, 7) is 3.32. The molecule has 0 saturated carbocycles. The van der Waals surface area contributed by atoms with E-state index in [1.54, 1.807) is 50.2 Å². The summed E-state index contributed by atoms with van der Waals surface area (Å²) in [5.74, 6) is -0.857. The van der Waals surface area contributed by atoms with Gasteiger partial charge in [0.1, 0.15) is 0 Å². The fourth-order valence-corrected chi connectivity index (χ4v) is 4.59. The monoisotopic (exact) mass is 626 g/mol. The average Bonchev–Trinajstić information content (AvgIpc) is 3.44. The van der Waals surface area contributed by atoms with Crippen LogP contribution in [-0.4, -0.2) is 39.9 Å². The van der Waals surface area contributed by atoms with Gasteiger partial charge in [0.05, 0.1) is 56.3 Å². The molecule has 0 saturated heterocycles. The van der Waals surface area contributed by atoms with Gasteiger partial charge in [-0.1, -0.05) is 46.4 Å². The maximum Gasteiger partial charge on any atom is 0.301 e. The number of carbonyl (C=O) groups is 2. The van der Waals surface area contributed by atoms with Crippen LogP contribution in [0, 0.1) is 0 Å². The summed E-state index contributed by atoms with van der Waals surface area (Å²) < 4.78 is 4.39. The van der Waals surface area contributed by atoms with Crippen LogP contribution >= 0.6 is 35.2 Å². The Balaban J connectivity index is 1.27. The molecule has 0 radical (unpaired) electrons. The molecule has 3 N–H and O–H groups in total. The van der Waals surface area contributed by atoms with Gasteiger partial charge in [-0.2, -0.15) is 30.4 Å². The second-order valence-electron chi connectivity index (χ2n) is 8.62. The number of hydrogen-bond donors (Lipinski definition) is 3. The summed E-state index contributed by atoms with van der Waals surface area (Å²) >= 11 is 13.7. The van der Waals surface area contributed by atoms with Gasteiger partial charge in [0.15, 0.2) is 11.4 Å². The van der Waals surface area contributed by atoms with Gasteiger partial charge in [-0.3, -0.25) is 20.4 Å². The molecule has 0 fully saturated rings. The molecule has 3 aromatic carbocycles. The molecule has 0 aliphatic carbocycles. The third-order valence-corrected chi connectivity index (χ3v) is 7.07. The van der Waals surface area contributed by atoms with Crippen molar-refractivity contribution in [3.8, 4) is 0 Å². The summed E-state index contributed by atoms with van der Waals surface area (Å²) in [5, 5.41) is 31.8. The highest BCUT2D eigenvalue weighted by atomic mass is 35.5. The van der Waals surface area contributed by atoms with Crippen LogP contribution in [0.3, 0.4) is 0 Å². The van der Waals surface area contributed by atoms with Crippen molar-refractivity contribution < 1.29 is 24.2 Å². The lowest BCUT2D eigenvalue weighted by atomic mass is 10.2. The second-order valence-corrected chi connectivity index (χ2v) is 10.2. The number of benzene rings is 3. The molecule has 0 aromatic heterocycles. The highest BCUT2D eigenvalue weighted by Gasteiger charge is 2.32. The minimum Gasteiger partial charge on any atom is -0.276 e. The summed E-state index contributed by atoms with van der Waals surface area (Å²) in [4.78, 5) is 26.5. The molecule has 214 valence electrons. The van der Waals surface area contributed by atoms with E-state index in [0.717, 1.165) is 12.0 Å².